The third kappa shape index (κ3) is 27.1. The molecule has 0 bridgehead atoms. The molecule has 370 valence electrons. The van der Waals surface area contributed by atoms with Crippen molar-refractivity contribution in [3.8, 4) is 0 Å². The number of imidazole rings is 7. The molecule has 0 aromatic carbocycles. The number of aromatic nitrogens is 14. The first-order valence-electron chi connectivity index (χ1n) is 23.1. The van der Waals surface area contributed by atoms with Crippen LogP contribution in [0.1, 0.15) is 138 Å². The highest BCUT2D eigenvalue weighted by Gasteiger charge is 2.19. The van der Waals surface area contributed by atoms with Crippen LogP contribution < -0.4 is 22.5 Å². The summed E-state index contributed by atoms with van der Waals surface area (Å²) in [7, 11) is 3.82. The predicted octanol–water partition coefficient (Wildman–Crippen LogP) is 7.50. The van der Waals surface area contributed by atoms with Crippen molar-refractivity contribution in [2.24, 2.45) is 29.2 Å². The first-order valence-corrected chi connectivity index (χ1v) is 23.1. The maximum atomic E-state index is 5.77. The fourth-order valence-corrected chi connectivity index (χ4v) is 5.35. The van der Waals surface area contributed by atoms with Crippen LogP contribution in [0.3, 0.4) is 0 Å². The van der Waals surface area contributed by atoms with Crippen molar-refractivity contribution >= 4 is 5.71 Å². The molecule has 0 amide bonds. The van der Waals surface area contributed by atoms with Crippen LogP contribution >= 0.6 is 0 Å². The zero-order valence-electron chi connectivity index (χ0n) is 42.4. The molecule has 7 aromatic heterocycles. The molecule has 0 saturated heterocycles. The van der Waals surface area contributed by atoms with E-state index in [-0.39, 0.29) is 5.54 Å². The van der Waals surface area contributed by atoms with Gasteiger partial charge < -0.3 is 57.0 Å². The van der Waals surface area contributed by atoms with Crippen LogP contribution in [-0.4, -0.2) is 87.7 Å². The Kier molecular flexibility index (Phi) is 30.7. The Balaban J connectivity index is 0.000000383. The summed E-state index contributed by atoms with van der Waals surface area (Å²) < 4.78 is 1.90. The number of hydrogen-bond acceptors (Lipinski definition) is 12. The highest BCUT2D eigenvalue weighted by atomic mass is 15.0. The summed E-state index contributed by atoms with van der Waals surface area (Å²) >= 11 is 0. The molecule has 19 nitrogen and oxygen atoms in total. The van der Waals surface area contributed by atoms with Gasteiger partial charge in [0.05, 0.1) is 25.3 Å². The number of nitrogens with one attached hydrogen (secondary N) is 7. The van der Waals surface area contributed by atoms with E-state index in [1.165, 1.54) is 18.5 Å². The molecule has 8 heterocycles. The van der Waals surface area contributed by atoms with Crippen molar-refractivity contribution < 1.29 is 0 Å². The van der Waals surface area contributed by atoms with Gasteiger partial charge in [0, 0.05) is 136 Å². The second kappa shape index (κ2) is 35.0. The molecule has 13 N–H and O–H groups in total. The van der Waals surface area contributed by atoms with Crippen molar-refractivity contribution in [2.75, 3.05) is 7.05 Å². The standard InChI is InChI=1S/3C7H12N2.2C6H10N2.3C5H9N3/c1-7(2,8)6-4-3-5-9-6;1-4-7-8-5(2)6(3)9-7;1-2-3-4-7-8-5-6-9-7;1-5(2)6-7-3-4-8-6;1-2-3-6-7-4-5-8-6;1-4-3-7-5(2-6)8-4;1-8-3-2-7-5(8)4-6;1-6-4-5-7-2-3-8-5/h3,5H,4,8H2,1-2H3;4H2,1-3H3,(H,8,9);5-6H,2-4H2,1H3,(H,8,9);3-5H,1-2H3,(H,7,8);4-5H,2-3H2,1H3,(H,7,8);3H,2,6H2,1H3,(H,7,8);2-3H,4,6H2,1H3;2-3,6H,4H2,1H3,(H,7,8). The summed E-state index contributed by atoms with van der Waals surface area (Å²) in [5, 5.41) is 2.98. The van der Waals surface area contributed by atoms with E-state index in [2.05, 4.69) is 110 Å². The van der Waals surface area contributed by atoms with Crippen LogP contribution in [0.4, 0.5) is 0 Å². The highest BCUT2D eigenvalue weighted by molar-refractivity contribution is 5.95. The normalized spacial score (nSPS) is 11.0. The van der Waals surface area contributed by atoms with Gasteiger partial charge in [-0.25, -0.2) is 34.9 Å². The summed E-state index contributed by atoms with van der Waals surface area (Å²) in [5.74, 6) is 7.62. The van der Waals surface area contributed by atoms with Gasteiger partial charge in [-0.2, -0.15) is 0 Å². The van der Waals surface area contributed by atoms with Crippen LogP contribution in [0, 0.1) is 20.8 Å². The number of nitrogens with zero attached hydrogens (tertiary/aromatic N) is 9. The Hall–Kier alpha value is -6.28. The fourth-order valence-electron chi connectivity index (χ4n) is 5.35. The Morgan fingerprint density at radius 2 is 1.34 bits per heavy atom. The van der Waals surface area contributed by atoms with Crippen LogP contribution in [0.15, 0.2) is 85.4 Å². The van der Waals surface area contributed by atoms with E-state index < -0.39 is 0 Å². The fraction of sp³-hybridized carbons (Fsp3) is 0.500. The number of nitrogens with two attached hydrogens (primary N) is 3. The van der Waals surface area contributed by atoms with E-state index in [1.807, 2.05) is 96.5 Å². The van der Waals surface area contributed by atoms with Gasteiger partial charge in [0.1, 0.15) is 40.8 Å². The van der Waals surface area contributed by atoms with Gasteiger partial charge in [-0.15, -0.1) is 0 Å². The number of allylic oxidation sites excluding steroid dienone is 1. The van der Waals surface area contributed by atoms with Gasteiger partial charge in [-0.3, -0.25) is 4.99 Å². The Bertz CT molecular complexity index is 2140. The predicted molar refractivity (Wildman–Crippen MR) is 273 cm³/mol. The second-order valence-corrected chi connectivity index (χ2v) is 16.1. The smallest absolute Gasteiger partial charge is 0.122 e. The monoisotopic (exact) mass is 926 g/mol. The summed E-state index contributed by atoms with van der Waals surface area (Å²) in [5.41, 5.74) is 20.6. The second-order valence-electron chi connectivity index (χ2n) is 16.1. The zero-order valence-corrected chi connectivity index (χ0v) is 42.4. The van der Waals surface area contributed by atoms with Crippen molar-refractivity contribution in [1.29, 1.82) is 0 Å². The first kappa shape index (κ1) is 58.7. The first-order chi connectivity index (χ1) is 32.1. The number of H-pyrrole nitrogens is 6. The maximum absolute atomic E-state index is 5.77. The van der Waals surface area contributed by atoms with Crippen LogP contribution in [-0.2, 0) is 45.9 Å². The number of aryl methyl sites for hydroxylation is 7. The van der Waals surface area contributed by atoms with Gasteiger partial charge in [0.25, 0.3) is 0 Å². The molecule has 7 aromatic rings. The molecular weight excluding hydrogens is 843 g/mol. The molecule has 0 radical (unpaired) electrons. The van der Waals surface area contributed by atoms with Crippen molar-refractivity contribution in [3.63, 3.8) is 0 Å². The van der Waals surface area contributed by atoms with E-state index in [9.17, 15) is 0 Å². The molecule has 67 heavy (non-hydrogen) atoms. The molecule has 0 saturated carbocycles. The number of aromatic amines is 6. The largest absolute Gasteiger partial charge is 0.349 e. The third-order valence-corrected chi connectivity index (χ3v) is 9.28. The van der Waals surface area contributed by atoms with E-state index in [1.54, 1.807) is 37.2 Å². The van der Waals surface area contributed by atoms with Crippen molar-refractivity contribution in [1.82, 2.24) is 74.7 Å². The minimum atomic E-state index is -0.233. The average molecular weight is 926 g/mol. The molecule has 19 heteroatoms. The summed E-state index contributed by atoms with van der Waals surface area (Å²) in [6.45, 7) is 22.4. The quantitative estimate of drug-likeness (QED) is 0.0572. The number of hydrogen-bond donors (Lipinski definition) is 10. The molecule has 0 spiro atoms. The molecule has 0 atom stereocenters. The lowest BCUT2D eigenvalue weighted by Crippen LogP contribution is -2.40. The Morgan fingerprint density at radius 1 is 0.731 bits per heavy atom. The summed E-state index contributed by atoms with van der Waals surface area (Å²) in [4.78, 5) is 50.8. The summed E-state index contributed by atoms with van der Waals surface area (Å²) in [6.07, 6.45) is 31.4. The van der Waals surface area contributed by atoms with Crippen molar-refractivity contribution in [3.05, 3.63) is 138 Å². The van der Waals surface area contributed by atoms with Crippen LogP contribution in [0.5, 0.6) is 0 Å². The van der Waals surface area contributed by atoms with Gasteiger partial charge >= 0.3 is 0 Å². The van der Waals surface area contributed by atoms with E-state index in [4.69, 9.17) is 17.2 Å². The molecule has 0 aliphatic carbocycles. The Morgan fingerprint density at radius 3 is 1.64 bits per heavy atom. The maximum Gasteiger partial charge on any atom is 0.122 e. The highest BCUT2D eigenvalue weighted by Crippen LogP contribution is 2.10. The van der Waals surface area contributed by atoms with E-state index in [0.29, 0.717) is 19.0 Å². The lowest BCUT2D eigenvalue weighted by molar-refractivity contribution is 0.691. The minimum absolute atomic E-state index is 0.233. The van der Waals surface area contributed by atoms with Gasteiger partial charge in [-0.1, -0.05) is 47.1 Å². The summed E-state index contributed by atoms with van der Waals surface area (Å²) in [6, 6.07) is 0. The lowest BCUT2D eigenvalue weighted by Gasteiger charge is -2.17. The van der Waals surface area contributed by atoms with Crippen LogP contribution in [0.2, 0.25) is 0 Å². The van der Waals surface area contributed by atoms with E-state index >= 15 is 0 Å². The lowest BCUT2D eigenvalue weighted by atomic mass is 9.98. The van der Waals surface area contributed by atoms with E-state index in [0.717, 1.165) is 96.5 Å². The third-order valence-electron chi connectivity index (χ3n) is 9.28. The minimum Gasteiger partial charge on any atom is -0.349 e. The Labute approximate surface area is 399 Å². The molecule has 0 fully saturated rings. The number of rotatable bonds is 12. The van der Waals surface area contributed by atoms with Gasteiger partial charge in [-0.05, 0) is 54.5 Å². The van der Waals surface area contributed by atoms with Crippen LogP contribution in [0.25, 0.3) is 0 Å². The topological polar surface area (TPSA) is 292 Å². The zero-order chi connectivity index (χ0) is 49.9. The molecule has 1 aliphatic rings. The van der Waals surface area contributed by atoms with Gasteiger partial charge in [0.15, 0.2) is 0 Å². The number of aliphatic imine (C=N–C) groups is 1. The molecular formula is C48H83N19. The van der Waals surface area contributed by atoms with Gasteiger partial charge in [0.2, 0.25) is 0 Å². The van der Waals surface area contributed by atoms with Crippen molar-refractivity contribution in [2.45, 2.75) is 145 Å². The molecule has 0 unspecified atom stereocenters. The molecule has 8 rings (SSSR count). The average Bonchev–Trinajstić information content (AvgIpc) is 4.16. The molecule has 1 aliphatic heterocycles. The number of unbranched alkanes of at least 4 members (excludes halogenated alkanes) is 1. The SMILES string of the molecule is CC(C)(N)C1=NC=CC1.CC(C)c1ncc[nH]1.CCCCc1ncc[nH]1.CCCc1ncc[nH]1.CCc1nc(C)c(C)[nH]1.CNCc1ncc[nH]1.Cc1cnc(CN)[nH]1.Cn1ccnc1CN.